The smallest absolute Gasteiger partial charge is 0.290 e. The molecule has 2 fully saturated rings. The van der Waals surface area contributed by atoms with Crippen molar-refractivity contribution in [2.75, 3.05) is 24.5 Å². The molecule has 1 amide bonds. The molecule has 1 aliphatic carbocycles. The van der Waals surface area contributed by atoms with Gasteiger partial charge < -0.3 is 20.4 Å². The van der Waals surface area contributed by atoms with E-state index in [9.17, 15) is 9.90 Å². The Balaban J connectivity index is 0.000000775. The fourth-order valence-electron chi connectivity index (χ4n) is 4.97. The van der Waals surface area contributed by atoms with Crippen molar-refractivity contribution in [3.63, 3.8) is 0 Å². The topological polar surface area (TPSA) is 116 Å². The molecule has 166 valence electrons. The van der Waals surface area contributed by atoms with E-state index in [2.05, 4.69) is 32.3 Å². The first-order chi connectivity index (χ1) is 15.6. The fourth-order valence-corrected chi connectivity index (χ4v) is 5.50. The van der Waals surface area contributed by atoms with Crippen molar-refractivity contribution in [1.29, 1.82) is 0 Å². The van der Waals surface area contributed by atoms with Crippen LogP contribution in [0.4, 0.5) is 5.69 Å². The number of benzene rings is 1. The molecule has 4 atom stereocenters. The molecule has 1 aliphatic heterocycles. The number of carbonyl (C=O) groups excluding carboxylic acids is 1. The van der Waals surface area contributed by atoms with Crippen LogP contribution < -0.4 is 10.2 Å². The summed E-state index contributed by atoms with van der Waals surface area (Å²) in [6, 6.07) is 14.3. The van der Waals surface area contributed by atoms with E-state index < -0.39 is 6.10 Å². The highest BCUT2D eigenvalue weighted by Gasteiger charge is 2.71. The van der Waals surface area contributed by atoms with Gasteiger partial charge in [0.05, 0.1) is 11.6 Å². The summed E-state index contributed by atoms with van der Waals surface area (Å²) in [5.74, 6) is 0.231. The van der Waals surface area contributed by atoms with Gasteiger partial charge in [0, 0.05) is 48.5 Å². The molecule has 3 aromatic rings. The number of hydrogen-bond acceptors (Lipinski definition) is 7. The lowest BCUT2D eigenvalue weighted by Crippen LogP contribution is -2.30. The van der Waals surface area contributed by atoms with E-state index in [-0.39, 0.29) is 29.6 Å². The Bertz CT molecular complexity index is 1030. The standard InChI is InChI=1S/C22H22N4O2S.CH2O2/c27-19-11-26(16-6-8-23-9-7-16)13-22(19)17(20(22)15-4-2-1-3-5-15)10-24-21(28)18-12-29-14-25-18;2-1-3/h1-9,12,14,17,19-20,27H,10-11,13H2,(H,24,28);1H,(H,2,3)/t17-,19-,20-,22-;/m1./s1. The van der Waals surface area contributed by atoms with Gasteiger partial charge in [0.2, 0.25) is 0 Å². The lowest BCUT2D eigenvalue weighted by Gasteiger charge is -2.18. The number of pyridine rings is 1. The van der Waals surface area contributed by atoms with E-state index in [1.165, 1.54) is 16.9 Å². The predicted octanol–water partition coefficient (Wildman–Crippen LogP) is 2.25. The second kappa shape index (κ2) is 9.46. The number of anilines is 1. The highest BCUT2D eigenvalue weighted by Crippen LogP contribution is 2.68. The van der Waals surface area contributed by atoms with Gasteiger partial charge in [-0.05, 0) is 29.5 Å². The molecule has 5 rings (SSSR count). The molecule has 3 heterocycles. The highest BCUT2D eigenvalue weighted by atomic mass is 32.1. The Morgan fingerprint density at radius 3 is 2.62 bits per heavy atom. The van der Waals surface area contributed by atoms with Crippen molar-refractivity contribution >= 4 is 29.4 Å². The molecule has 0 radical (unpaired) electrons. The van der Waals surface area contributed by atoms with Crippen molar-refractivity contribution < 1.29 is 19.8 Å². The van der Waals surface area contributed by atoms with Gasteiger partial charge in [0.25, 0.3) is 12.4 Å². The van der Waals surface area contributed by atoms with Gasteiger partial charge in [-0.2, -0.15) is 0 Å². The number of aliphatic hydroxyl groups is 1. The van der Waals surface area contributed by atoms with Crippen molar-refractivity contribution in [3.8, 4) is 0 Å². The molecule has 0 unspecified atom stereocenters. The zero-order chi connectivity index (χ0) is 22.6. The number of carbonyl (C=O) groups is 2. The largest absolute Gasteiger partial charge is 0.483 e. The average molecular weight is 453 g/mol. The van der Waals surface area contributed by atoms with Crippen LogP contribution in [0.1, 0.15) is 22.0 Å². The Labute approximate surface area is 189 Å². The van der Waals surface area contributed by atoms with Crippen LogP contribution >= 0.6 is 11.3 Å². The van der Waals surface area contributed by atoms with Crippen molar-refractivity contribution in [3.05, 3.63) is 77.0 Å². The molecule has 3 N–H and O–H groups in total. The van der Waals surface area contributed by atoms with Crippen molar-refractivity contribution in [2.45, 2.75) is 12.0 Å². The number of hydrogen-bond donors (Lipinski definition) is 3. The SMILES string of the molecule is O=C(NC[C@@H]1[C@@H](c2ccccc2)[C@]12CN(c1ccncc1)C[C@H]2O)c1cscn1.O=CO. The molecule has 8 nitrogen and oxygen atoms in total. The van der Waals surface area contributed by atoms with E-state index in [0.717, 1.165) is 12.2 Å². The first-order valence-corrected chi connectivity index (χ1v) is 11.2. The Hall–Kier alpha value is -3.30. The molecule has 1 saturated heterocycles. The number of aliphatic hydroxyl groups excluding tert-OH is 1. The minimum atomic E-state index is -0.456. The summed E-state index contributed by atoms with van der Waals surface area (Å²) in [5.41, 5.74) is 4.13. The third kappa shape index (κ3) is 4.09. The van der Waals surface area contributed by atoms with E-state index in [4.69, 9.17) is 9.90 Å². The van der Waals surface area contributed by atoms with Gasteiger partial charge in [0.1, 0.15) is 5.69 Å². The molecule has 0 bridgehead atoms. The number of nitrogens with one attached hydrogen (secondary N) is 1. The Morgan fingerprint density at radius 2 is 1.97 bits per heavy atom. The van der Waals surface area contributed by atoms with Crippen molar-refractivity contribution in [2.24, 2.45) is 11.3 Å². The number of amides is 1. The van der Waals surface area contributed by atoms with Crippen LogP contribution in [0.3, 0.4) is 0 Å². The number of carboxylic acid groups (broad SMARTS) is 1. The van der Waals surface area contributed by atoms with Crippen LogP contribution in [0.5, 0.6) is 0 Å². The lowest BCUT2D eigenvalue weighted by molar-refractivity contribution is -0.122. The summed E-state index contributed by atoms with van der Waals surface area (Å²) in [5, 5.41) is 22.8. The molecule has 9 heteroatoms. The van der Waals surface area contributed by atoms with Gasteiger partial charge in [-0.3, -0.25) is 14.6 Å². The number of β-amino-alcohol motifs (C(OH)–C–C–N with tert-alkyl or cyclic N) is 1. The monoisotopic (exact) mass is 452 g/mol. The molecular weight excluding hydrogens is 428 g/mol. The summed E-state index contributed by atoms with van der Waals surface area (Å²) in [7, 11) is 0. The van der Waals surface area contributed by atoms with Gasteiger partial charge in [-0.25, -0.2) is 4.98 Å². The van der Waals surface area contributed by atoms with Crippen LogP contribution in [-0.4, -0.2) is 58.3 Å². The van der Waals surface area contributed by atoms with Crippen LogP contribution in [0, 0.1) is 11.3 Å². The van der Waals surface area contributed by atoms with Gasteiger partial charge >= 0.3 is 0 Å². The summed E-state index contributed by atoms with van der Waals surface area (Å²) >= 11 is 1.41. The lowest BCUT2D eigenvalue weighted by atomic mass is 9.95. The number of nitrogens with zero attached hydrogens (tertiary/aromatic N) is 3. The Morgan fingerprint density at radius 1 is 1.25 bits per heavy atom. The second-order valence-electron chi connectivity index (χ2n) is 7.90. The van der Waals surface area contributed by atoms with Crippen molar-refractivity contribution in [1.82, 2.24) is 15.3 Å². The zero-order valence-corrected chi connectivity index (χ0v) is 18.1. The summed E-state index contributed by atoms with van der Waals surface area (Å²) in [4.78, 5) is 31.2. The molecule has 1 spiro atoms. The number of rotatable bonds is 5. The van der Waals surface area contributed by atoms with Crippen LogP contribution in [0.25, 0.3) is 0 Å². The summed E-state index contributed by atoms with van der Waals surface area (Å²) in [6.07, 6.45) is 3.10. The first kappa shape index (κ1) is 21.9. The van der Waals surface area contributed by atoms with Gasteiger partial charge in [-0.1, -0.05) is 30.3 Å². The second-order valence-corrected chi connectivity index (χ2v) is 8.62. The van der Waals surface area contributed by atoms with E-state index in [1.807, 2.05) is 30.3 Å². The van der Waals surface area contributed by atoms with E-state index >= 15 is 0 Å². The quantitative estimate of drug-likeness (QED) is 0.509. The predicted molar refractivity (Wildman–Crippen MR) is 121 cm³/mol. The average Bonchev–Trinajstić information content (AvgIpc) is 3.13. The Kier molecular flexibility index (Phi) is 6.48. The molecule has 32 heavy (non-hydrogen) atoms. The highest BCUT2D eigenvalue weighted by molar-refractivity contribution is 7.07. The first-order valence-electron chi connectivity index (χ1n) is 10.2. The third-order valence-electron chi connectivity index (χ3n) is 6.38. The minimum Gasteiger partial charge on any atom is -0.483 e. The molecular formula is C23H24N4O4S. The molecule has 2 aromatic heterocycles. The maximum absolute atomic E-state index is 12.4. The van der Waals surface area contributed by atoms with Crippen LogP contribution in [0.2, 0.25) is 0 Å². The van der Waals surface area contributed by atoms with Crippen LogP contribution in [-0.2, 0) is 4.79 Å². The fraction of sp³-hybridized carbons (Fsp3) is 0.304. The summed E-state index contributed by atoms with van der Waals surface area (Å²) in [6.45, 7) is 1.62. The molecule has 1 aromatic carbocycles. The molecule has 2 aliphatic rings. The maximum Gasteiger partial charge on any atom is 0.290 e. The third-order valence-corrected chi connectivity index (χ3v) is 6.96. The maximum atomic E-state index is 12.4. The van der Waals surface area contributed by atoms with Crippen LogP contribution in [0.15, 0.2) is 65.7 Å². The molecule has 1 saturated carbocycles. The number of thiazole rings is 1. The minimum absolute atomic E-state index is 0.154. The van der Waals surface area contributed by atoms with Gasteiger partial charge in [0.15, 0.2) is 0 Å². The zero-order valence-electron chi connectivity index (χ0n) is 17.2. The normalized spacial score (nSPS) is 25.7. The van der Waals surface area contributed by atoms with Gasteiger partial charge in [-0.15, -0.1) is 11.3 Å². The number of aromatic nitrogens is 2. The summed E-state index contributed by atoms with van der Waals surface area (Å²) < 4.78 is 0. The van der Waals surface area contributed by atoms with E-state index in [0.29, 0.717) is 18.8 Å². The van der Waals surface area contributed by atoms with E-state index in [1.54, 1.807) is 23.3 Å².